The molecule has 0 saturated carbocycles. The van der Waals surface area contributed by atoms with E-state index in [1.165, 1.54) is 18.4 Å². The third-order valence-electron chi connectivity index (χ3n) is 5.20. The summed E-state index contributed by atoms with van der Waals surface area (Å²) >= 11 is 0. The van der Waals surface area contributed by atoms with Gasteiger partial charge in [-0.3, -0.25) is 4.90 Å². The van der Waals surface area contributed by atoms with Crippen LogP contribution >= 0.6 is 0 Å². The fourth-order valence-electron chi connectivity index (χ4n) is 3.72. The number of nitrogens with zero attached hydrogens (tertiary/aromatic N) is 1. The molecule has 1 aliphatic rings. The molecule has 2 aromatic rings. The number of ether oxygens (including phenoxy) is 3. The van der Waals surface area contributed by atoms with E-state index in [0.717, 1.165) is 49.0 Å². The van der Waals surface area contributed by atoms with Crippen molar-refractivity contribution < 1.29 is 14.2 Å². The summed E-state index contributed by atoms with van der Waals surface area (Å²) in [6.07, 6.45) is 2.54. The summed E-state index contributed by atoms with van der Waals surface area (Å²) in [4.78, 5) is 2.56. The zero-order chi connectivity index (χ0) is 19.1. The Morgan fingerprint density at radius 1 is 0.926 bits per heavy atom. The predicted octanol–water partition coefficient (Wildman–Crippen LogP) is 3.64. The molecule has 1 fully saturated rings. The highest BCUT2D eigenvalue weighted by molar-refractivity contribution is 5.40. The van der Waals surface area contributed by atoms with E-state index in [1.807, 2.05) is 24.3 Å². The number of benzene rings is 2. The molecule has 146 valence electrons. The van der Waals surface area contributed by atoms with Gasteiger partial charge >= 0.3 is 0 Å². The van der Waals surface area contributed by atoms with Crippen LogP contribution in [-0.2, 0) is 6.54 Å². The van der Waals surface area contributed by atoms with Crippen molar-refractivity contribution in [3.05, 3.63) is 53.6 Å². The molecule has 0 spiro atoms. The number of methoxy groups -OCH3 is 3. The highest BCUT2D eigenvalue weighted by atomic mass is 16.5. The van der Waals surface area contributed by atoms with Gasteiger partial charge in [-0.2, -0.15) is 0 Å². The van der Waals surface area contributed by atoms with Crippen molar-refractivity contribution in [3.63, 3.8) is 0 Å². The monoisotopic (exact) mass is 370 g/mol. The van der Waals surface area contributed by atoms with Gasteiger partial charge in [0.2, 0.25) is 0 Å². The second-order valence-corrected chi connectivity index (χ2v) is 6.84. The van der Waals surface area contributed by atoms with Crippen LogP contribution in [0.15, 0.2) is 42.5 Å². The Morgan fingerprint density at radius 2 is 1.67 bits per heavy atom. The van der Waals surface area contributed by atoms with Gasteiger partial charge < -0.3 is 19.5 Å². The molecule has 0 aromatic heterocycles. The van der Waals surface area contributed by atoms with E-state index in [2.05, 4.69) is 28.4 Å². The molecule has 3 rings (SSSR count). The van der Waals surface area contributed by atoms with Gasteiger partial charge in [-0.15, -0.1) is 0 Å². The fourth-order valence-corrected chi connectivity index (χ4v) is 3.72. The van der Waals surface area contributed by atoms with Crippen molar-refractivity contribution in [2.45, 2.75) is 25.4 Å². The zero-order valence-electron chi connectivity index (χ0n) is 16.5. The summed E-state index contributed by atoms with van der Waals surface area (Å²) in [6, 6.07) is 14.7. The number of nitrogens with one attached hydrogen (secondary N) is 1. The molecule has 1 atom stereocenters. The van der Waals surface area contributed by atoms with Crippen LogP contribution in [0.3, 0.4) is 0 Å². The predicted molar refractivity (Wildman–Crippen MR) is 108 cm³/mol. The molecule has 1 aliphatic heterocycles. The van der Waals surface area contributed by atoms with E-state index in [-0.39, 0.29) is 0 Å². The van der Waals surface area contributed by atoms with E-state index >= 15 is 0 Å². The molecule has 1 unspecified atom stereocenters. The first-order chi connectivity index (χ1) is 13.2. The van der Waals surface area contributed by atoms with E-state index in [1.54, 1.807) is 21.3 Å². The number of hydrogen-bond donors (Lipinski definition) is 1. The molecule has 1 heterocycles. The molecular formula is C22H30N2O3. The smallest absolute Gasteiger partial charge is 0.123 e. The molecule has 1 saturated heterocycles. The highest BCUT2D eigenvalue weighted by Crippen LogP contribution is 2.28. The van der Waals surface area contributed by atoms with Crippen LogP contribution in [0.4, 0.5) is 0 Å². The number of rotatable bonds is 9. The lowest BCUT2D eigenvalue weighted by Crippen LogP contribution is -2.34. The van der Waals surface area contributed by atoms with Crippen LogP contribution < -0.4 is 19.5 Å². The van der Waals surface area contributed by atoms with Gasteiger partial charge in [0.1, 0.15) is 17.2 Å². The van der Waals surface area contributed by atoms with Crippen LogP contribution in [-0.4, -0.2) is 45.9 Å². The minimum atomic E-state index is 0.333. The highest BCUT2D eigenvalue weighted by Gasteiger charge is 2.23. The Morgan fingerprint density at radius 3 is 2.37 bits per heavy atom. The Labute approximate surface area is 162 Å². The molecule has 27 heavy (non-hydrogen) atoms. The largest absolute Gasteiger partial charge is 0.497 e. The Balaban J connectivity index is 1.71. The van der Waals surface area contributed by atoms with Gasteiger partial charge in [-0.25, -0.2) is 0 Å². The van der Waals surface area contributed by atoms with Crippen molar-refractivity contribution in [3.8, 4) is 17.2 Å². The molecule has 5 heteroatoms. The normalized spacial score (nSPS) is 15.5. The van der Waals surface area contributed by atoms with Crippen molar-refractivity contribution >= 4 is 0 Å². The lowest BCUT2D eigenvalue weighted by Gasteiger charge is -2.28. The standard InChI is InChI=1S/C22H30N2O3/c1-25-19-8-6-7-17(13-19)21(24-11-4-5-12-24)16-23-15-18-14-20(26-2)9-10-22(18)27-3/h6-10,13-14,21,23H,4-5,11-12,15-16H2,1-3H3. The molecule has 0 amide bonds. The first-order valence-electron chi connectivity index (χ1n) is 9.54. The van der Waals surface area contributed by atoms with Crippen LogP contribution in [0.5, 0.6) is 17.2 Å². The Hall–Kier alpha value is -2.24. The molecule has 0 aliphatic carbocycles. The van der Waals surface area contributed by atoms with E-state index in [0.29, 0.717) is 6.04 Å². The maximum Gasteiger partial charge on any atom is 0.123 e. The van der Waals surface area contributed by atoms with Gasteiger partial charge in [0, 0.05) is 24.7 Å². The summed E-state index contributed by atoms with van der Waals surface area (Å²) in [5.41, 5.74) is 2.39. The molecular weight excluding hydrogens is 340 g/mol. The fraction of sp³-hybridized carbons (Fsp3) is 0.455. The third kappa shape index (κ3) is 4.93. The second kappa shape index (κ2) is 9.62. The summed E-state index contributed by atoms with van der Waals surface area (Å²) < 4.78 is 16.3. The minimum Gasteiger partial charge on any atom is -0.497 e. The SMILES string of the molecule is COc1cccc(C(CNCc2cc(OC)ccc2OC)N2CCCC2)c1. The summed E-state index contributed by atoms with van der Waals surface area (Å²) in [5, 5.41) is 3.62. The average Bonchev–Trinajstić information content (AvgIpc) is 3.25. The summed E-state index contributed by atoms with van der Waals surface area (Å²) in [5.74, 6) is 2.63. The van der Waals surface area contributed by atoms with Gasteiger partial charge in [-0.1, -0.05) is 12.1 Å². The summed E-state index contributed by atoms with van der Waals surface area (Å²) in [7, 11) is 5.11. The molecule has 5 nitrogen and oxygen atoms in total. The van der Waals surface area contributed by atoms with Crippen LogP contribution in [0.2, 0.25) is 0 Å². The first-order valence-corrected chi connectivity index (χ1v) is 9.54. The van der Waals surface area contributed by atoms with Crippen molar-refractivity contribution in [1.29, 1.82) is 0 Å². The lowest BCUT2D eigenvalue weighted by atomic mass is 10.0. The average molecular weight is 370 g/mol. The second-order valence-electron chi connectivity index (χ2n) is 6.84. The zero-order valence-corrected chi connectivity index (χ0v) is 16.5. The van der Waals surface area contributed by atoms with Gasteiger partial charge in [0.25, 0.3) is 0 Å². The van der Waals surface area contributed by atoms with Crippen molar-refractivity contribution in [1.82, 2.24) is 10.2 Å². The van der Waals surface area contributed by atoms with Gasteiger partial charge in [0.15, 0.2) is 0 Å². The Kier molecular flexibility index (Phi) is 6.96. The molecule has 1 N–H and O–H groups in total. The van der Waals surface area contributed by atoms with E-state index in [9.17, 15) is 0 Å². The lowest BCUT2D eigenvalue weighted by molar-refractivity contribution is 0.237. The maximum absolute atomic E-state index is 5.49. The van der Waals surface area contributed by atoms with Crippen LogP contribution in [0.25, 0.3) is 0 Å². The van der Waals surface area contributed by atoms with Crippen molar-refractivity contribution in [2.75, 3.05) is 41.0 Å². The van der Waals surface area contributed by atoms with Gasteiger partial charge in [0.05, 0.1) is 21.3 Å². The topological polar surface area (TPSA) is 43.0 Å². The van der Waals surface area contributed by atoms with Crippen LogP contribution in [0.1, 0.15) is 30.0 Å². The van der Waals surface area contributed by atoms with Crippen molar-refractivity contribution in [2.24, 2.45) is 0 Å². The summed E-state index contributed by atoms with van der Waals surface area (Å²) in [6.45, 7) is 3.89. The molecule has 0 bridgehead atoms. The quantitative estimate of drug-likeness (QED) is 0.730. The number of hydrogen-bond acceptors (Lipinski definition) is 5. The van der Waals surface area contributed by atoms with Gasteiger partial charge in [-0.05, 0) is 61.8 Å². The van der Waals surface area contributed by atoms with E-state index in [4.69, 9.17) is 14.2 Å². The molecule has 0 radical (unpaired) electrons. The Bertz CT molecular complexity index is 729. The van der Waals surface area contributed by atoms with Crippen LogP contribution in [0, 0.1) is 0 Å². The first kappa shape index (κ1) is 19.5. The molecule has 2 aromatic carbocycles. The minimum absolute atomic E-state index is 0.333. The maximum atomic E-state index is 5.49. The van der Waals surface area contributed by atoms with E-state index < -0.39 is 0 Å². The third-order valence-corrected chi connectivity index (χ3v) is 5.20. The number of likely N-dealkylation sites (tertiary alicyclic amines) is 1.